The van der Waals surface area contributed by atoms with Crippen LogP contribution in [0.4, 0.5) is 5.95 Å². The molecule has 2 heterocycles. The fraction of sp³-hybridized carbons (Fsp3) is 0.292. The minimum Gasteiger partial charge on any atom is -0.497 e. The van der Waals surface area contributed by atoms with Crippen molar-refractivity contribution in [2.45, 2.75) is 19.1 Å². The number of fused-ring (bicyclic) bond motifs is 1. The van der Waals surface area contributed by atoms with Gasteiger partial charge in [0.15, 0.2) is 11.2 Å². The number of rotatable bonds is 10. The van der Waals surface area contributed by atoms with Gasteiger partial charge >= 0.3 is 5.69 Å². The van der Waals surface area contributed by atoms with Gasteiger partial charge in [-0.05, 0) is 36.2 Å². The lowest BCUT2D eigenvalue weighted by atomic mass is 10.1. The quantitative estimate of drug-likeness (QED) is 0.325. The number of nitrogens with zero attached hydrogens (tertiary/aromatic N) is 3. The Bertz CT molecular complexity index is 1360. The van der Waals surface area contributed by atoms with Gasteiger partial charge in [-0.25, -0.2) is 4.79 Å². The van der Waals surface area contributed by atoms with E-state index in [2.05, 4.69) is 15.3 Å². The van der Waals surface area contributed by atoms with Crippen molar-refractivity contribution in [1.82, 2.24) is 19.1 Å². The molecule has 1 atom stereocenters. The Morgan fingerprint density at radius 1 is 1.09 bits per heavy atom. The first-order valence-corrected chi connectivity index (χ1v) is 10.9. The van der Waals surface area contributed by atoms with Crippen LogP contribution in [-0.4, -0.2) is 50.6 Å². The zero-order chi connectivity index (χ0) is 24.1. The highest BCUT2D eigenvalue weighted by molar-refractivity contribution is 5.74. The summed E-state index contributed by atoms with van der Waals surface area (Å²) in [5.41, 5.74) is 0.467. The van der Waals surface area contributed by atoms with Crippen molar-refractivity contribution in [2.75, 3.05) is 25.6 Å². The van der Waals surface area contributed by atoms with E-state index in [4.69, 9.17) is 9.47 Å². The Morgan fingerprint density at radius 2 is 1.79 bits per heavy atom. The van der Waals surface area contributed by atoms with E-state index in [1.54, 1.807) is 35.9 Å². The second kappa shape index (κ2) is 10.3. The normalized spacial score (nSPS) is 12.0. The molecule has 0 saturated heterocycles. The Morgan fingerprint density at radius 3 is 2.50 bits per heavy atom. The van der Waals surface area contributed by atoms with Crippen molar-refractivity contribution in [3.05, 3.63) is 81.0 Å². The molecule has 2 aromatic carbocycles. The summed E-state index contributed by atoms with van der Waals surface area (Å²) < 4.78 is 13.7. The fourth-order valence-corrected chi connectivity index (χ4v) is 3.64. The molecule has 10 heteroatoms. The SMILES string of the molecule is COc1ccc(OC[C@H](O)Cn2c(NCCc3ccccc3)nc3c2c(=O)[nH]c(=O)n3C)cc1. The van der Waals surface area contributed by atoms with Gasteiger partial charge in [-0.15, -0.1) is 0 Å². The molecule has 0 spiro atoms. The predicted octanol–water partition coefficient (Wildman–Crippen LogP) is 1.53. The molecule has 178 valence electrons. The van der Waals surface area contributed by atoms with Crippen LogP contribution in [0.15, 0.2) is 64.2 Å². The molecule has 0 fully saturated rings. The van der Waals surface area contributed by atoms with Crippen LogP contribution in [0.5, 0.6) is 11.5 Å². The summed E-state index contributed by atoms with van der Waals surface area (Å²) in [4.78, 5) is 31.5. The number of aromatic amines is 1. The smallest absolute Gasteiger partial charge is 0.329 e. The fourth-order valence-electron chi connectivity index (χ4n) is 3.64. The minimum absolute atomic E-state index is 0.000867. The number of hydrogen-bond donors (Lipinski definition) is 3. The molecular weight excluding hydrogens is 438 g/mol. The van der Waals surface area contributed by atoms with Crippen molar-refractivity contribution in [3.8, 4) is 11.5 Å². The number of aliphatic hydroxyl groups is 1. The highest BCUT2D eigenvalue weighted by Crippen LogP contribution is 2.19. The largest absolute Gasteiger partial charge is 0.497 e. The van der Waals surface area contributed by atoms with Gasteiger partial charge in [-0.2, -0.15) is 4.98 Å². The molecule has 0 aliphatic heterocycles. The zero-order valence-electron chi connectivity index (χ0n) is 19.0. The minimum atomic E-state index is -0.939. The number of benzene rings is 2. The van der Waals surface area contributed by atoms with Crippen LogP contribution >= 0.6 is 0 Å². The number of hydrogen-bond acceptors (Lipinski definition) is 7. The van der Waals surface area contributed by atoms with E-state index in [1.165, 1.54) is 11.6 Å². The molecule has 3 N–H and O–H groups in total. The summed E-state index contributed by atoms with van der Waals surface area (Å²) in [7, 11) is 3.12. The Kier molecular flexibility index (Phi) is 6.98. The van der Waals surface area contributed by atoms with Gasteiger partial charge in [0.05, 0.1) is 13.7 Å². The van der Waals surface area contributed by atoms with Gasteiger partial charge in [0.25, 0.3) is 5.56 Å². The molecule has 0 saturated carbocycles. The standard InChI is InChI=1S/C24H27N5O5/c1-28-21-20(22(31)27-24(28)32)29(23(26-21)25-13-12-16-6-4-3-5-7-16)14-17(30)15-34-19-10-8-18(33-2)9-11-19/h3-11,17,30H,12-15H2,1-2H3,(H,25,26)(H,27,31,32)/t17-/m1/s1. The topological polar surface area (TPSA) is 123 Å². The molecule has 0 bridgehead atoms. The molecule has 34 heavy (non-hydrogen) atoms. The number of nitrogens with one attached hydrogen (secondary N) is 2. The number of H-pyrrole nitrogens is 1. The van der Waals surface area contributed by atoms with Crippen LogP contribution in [0.25, 0.3) is 11.2 Å². The number of anilines is 1. The van der Waals surface area contributed by atoms with Crippen molar-refractivity contribution >= 4 is 17.1 Å². The number of ether oxygens (including phenoxy) is 2. The molecule has 4 aromatic rings. The second-order valence-electron chi connectivity index (χ2n) is 7.84. The first kappa shape index (κ1) is 23.1. The van der Waals surface area contributed by atoms with Gasteiger partial charge in [-0.3, -0.25) is 14.3 Å². The van der Waals surface area contributed by atoms with Crippen molar-refractivity contribution in [2.24, 2.45) is 7.05 Å². The summed E-state index contributed by atoms with van der Waals surface area (Å²) in [6, 6.07) is 17.0. The highest BCUT2D eigenvalue weighted by Gasteiger charge is 2.20. The van der Waals surface area contributed by atoms with Crippen molar-refractivity contribution in [3.63, 3.8) is 0 Å². The maximum atomic E-state index is 12.6. The molecule has 0 amide bonds. The third-order valence-electron chi connectivity index (χ3n) is 5.44. The maximum absolute atomic E-state index is 12.6. The number of aryl methyl sites for hydroxylation is 1. The van der Waals surface area contributed by atoms with Crippen molar-refractivity contribution < 1.29 is 14.6 Å². The molecule has 2 aromatic heterocycles. The monoisotopic (exact) mass is 465 g/mol. The molecular formula is C24H27N5O5. The molecule has 0 radical (unpaired) electrons. The van der Waals surface area contributed by atoms with E-state index in [0.717, 1.165) is 12.0 Å². The van der Waals surface area contributed by atoms with E-state index in [1.807, 2.05) is 30.3 Å². The van der Waals surface area contributed by atoms with Crippen LogP contribution in [0.1, 0.15) is 5.56 Å². The third kappa shape index (κ3) is 5.12. The maximum Gasteiger partial charge on any atom is 0.329 e. The van der Waals surface area contributed by atoms with Crippen LogP contribution in [0, 0.1) is 0 Å². The van der Waals surface area contributed by atoms with Gasteiger partial charge < -0.3 is 24.5 Å². The molecule has 4 rings (SSSR count). The lowest BCUT2D eigenvalue weighted by Crippen LogP contribution is -2.31. The Hall–Kier alpha value is -4.05. The average Bonchev–Trinajstić information content (AvgIpc) is 3.21. The van der Waals surface area contributed by atoms with E-state index in [0.29, 0.717) is 24.0 Å². The van der Waals surface area contributed by atoms with E-state index >= 15 is 0 Å². The van der Waals surface area contributed by atoms with E-state index < -0.39 is 17.4 Å². The Labute approximate surface area is 195 Å². The van der Waals surface area contributed by atoms with Gasteiger partial charge in [0, 0.05) is 13.6 Å². The van der Waals surface area contributed by atoms with Gasteiger partial charge in [-0.1, -0.05) is 30.3 Å². The van der Waals surface area contributed by atoms with Crippen LogP contribution in [0.2, 0.25) is 0 Å². The highest BCUT2D eigenvalue weighted by atomic mass is 16.5. The number of aliphatic hydroxyl groups excluding tert-OH is 1. The van der Waals surface area contributed by atoms with Crippen LogP contribution in [0.3, 0.4) is 0 Å². The van der Waals surface area contributed by atoms with E-state index in [9.17, 15) is 14.7 Å². The van der Waals surface area contributed by atoms with Crippen molar-refractivity contribution in [1.29, 1.82) is 0 Å². The second-order valence-corrected chi connectivity index (χ2v) is 7.84. The molecule has 0 unspecified atom stereocenters. The predicted molar refractivity (Wildman–Crippen MR) is 129 cm³/mol. The summed E-state index contributed by atoms with van der Waals surface area (Å²) >= 11 is 0. The first-order chi connectivity index (χ1) is 16.5. The number of aromatic nitrogens is 4. The number of imidazole rings is 1. The van der Waals surface area contributed by atoms with Crippen LogP contribution in [-0.2, 0) is 20.0 Å². The number of methoxy groups -OCH3 is 1. The first-order valence-electron chi connectivity index (χ1n) is 10.9. The third-order valence-corrected chi connectivity index (χ3v) is 5.44. The van der Waals surface area contributed by atoms with Crippen LogP contribution < -0.4 is 26.0 Å². The molecule has 0 aliphatic rings. The lowest BCUT2D eigenvalue weighted by Gasteiger charge is -2.16. The lowest BCUT2D eigenvalue weighted by molar-refractivity contribution is 0.0938. The van der Waals surface area contributed by atoms with E-state index in [-0.39, 0.29) is 24.3 Å². The summed E-state index contributed by atoms with van der Waals surface area (Å²) in [5, 5.41) is 13.9. The zero-order valence-corrected chi connectivity index (χ0v) is 19.0. The summed E-state index contributed by atoms with van der Waals surface area (Å²) in [6.45, 7) is 0.596. The Balaban J connectivity index is 1.54. The summed E-state index contributed by atoms with van der Waals surface area (Å²) in [5.74, 6) is 1.67. The van der Waals surface area contributed by atoms with Gasteiger partial charge in [0.2, 0.25) is 5.95 Å². The summed E-state index contributed by atoms with van der Waals surface area (Å²) in [6.07, 6.45) is -0.201. The molecule has 10 nitrogen and oxygen atoms in total. The molecule has 0 aliphatic carbocycles. The average molecular weight is 466 g/mol. The van der Waals surface area contributed by atoms with Gasteiger partial charge in [0.1, 0.15) is 24.2 Å².